The summed E-state index contributed by atoms with van der Waals surface area (Å²) in [6, 6.07) is 29.3. The Morgan fingerprint density at radius 1 is 0.659 bits per heavy atom. The number of hydrogen-bond acceptors (Lipinski definition) is 14. The molecule has 20 nitrogen and oxygen atoms in total. The standard InChI is InChI=1S/C70H90FN11O9/c1-69(2)54-24-15-17-26-58(54)79(7)60(69)28-10-8-11-29-61-70(3,4)55-25-16-18-27-59(55)82(61)35-19-9-12-30-65(85)77(5)47-63(83)73-33-20-40-88-42-44-90-45-43-89-41-21-34-74-64(84)48-78(6)66(86)49-91-50-67(87)81-38-36-80(37-39-81)62-46-57(75-68(72)76-62)53-31-32-56(71)52-23-14-13-22-51(52)53/h8,10-11,13-18,22-29,31-32,46H,9,12,19-21,30,33-45,47-50H2,1-7H3,(H3-,72,73,74,75,76,83,84)/p+1. The van der Waals surface area contributed by atoms with Gasteiger partial charge in [0.2, 0.25) is 41.2 Å². The second-order valence-corrected chi connectivity index (χ2v) is 24.2. The van der Waals surface area contributed by atoms with Crippen molar-refractivity contribution in [3.63, 3.8) is 0 Å². The molecular formula is C70H91FN11O9+. The molecule has 4 aromatic carbocycles. The molecule has 0 aliphatic carbocycles. The molecule has 4 N–H and O–H groups in total. The monoisotopic (exact) mass is 1250 g/mol. The van der Waals surface area contributed by atoms with E-state index in [1.165, 1.54) is 56.8 Å². The van der Waals surface area contributed by atoms with Gasteiger partial charge in [0.1, 0.15) is 31.9 Å². The number of rotatable bonds is 33. The smallest absolute Gasteiger partial charge is 0.248 e. The van der Waals surface area contributed by atoms with Gasteiger partial charge in [-0.25, -0.2) is 9.37 Å². The number of allylic oxidation sites excluding steroid dienone is 6. The SMILES string of the molecule is CN(CC(=O)NCCCOCCOCCOCCCNC(=O)CN(C)C(=O)COCC(=O)N1CCN(c2cc(-c3ccc(F)c4ccccc34)nc(N)n2)CC1)C(=O)CCCCCN1\C(=C/C=C/C=C/C2=[N+](C)c3ccccc3C2(C)C)C(C)(C)c2ccccc21. The van der Waals surface area contributed by atoms with E-state index in [0.29, 0.717) is 120 Å². The summed E-state index contributed by atoms with van der Waals surface area (Å²) < 4.78 is 39.1. The van der Waals surface area contributed by atoms with Crippen molar-refractivity contribution in [3.8, 4) is 11.3 Å². The Labute approximate surface area is 534 Å². The van der Waals surface area contributed by atoms with E-state index >= 15 is 0 Å². The molecular weight excluding hydrogens is 1160 g/mol. The van der Waals surface area contributed by atoms with Gasteiger partial charge < -0.3 is 59.8 Å². The fourth-order valence-electron chi connectivity index (χ4n) is 11.9. The maximum Gasteiger partial charge on any atom is 0.248 e. The summed E-state index contributed by atoms with van der Waals surface area (Å²) in [6.07, 6.45) is 15.0. The lowest BCUT2D eigenvalue weighted by molar-refractivity contribution is -0.401. The number of amides is 5. The number of nitrogens with zero attached hydrogens (tertiary/aromatic N) is 8. The first kappa shape index (κ1) is 68.5. The van der Waals surface area contributed by atoms with E-state index in [4.69, 9.17) is 24.7 Å². The van der Waals surface area contributed by atoms with Crippen molar-refractivity contribution in [2.45, 2.75) is 77.0 Å². The van der Waals surface area contributed by atoms with E-state index in [1.807, 2.05) is 23.1 Å². The summed E-state index contributed by atoms with van der Waals surface area (Å²) in [6.45, 7) is 14.1. The van der Waals surface area contributed by atoms with Crippen LogP contribution in [0.5, 0.6) is 0 Å². The first-order valence-corrected chi connectivity index (χ1v) is 31.7. The highest BCUT2D eigenvalue weighted by Gasteiger charge is 2.43. The molecule has 21 heteroatoms. The number of carbonyl (C=O) groups is 5. The molecule has 5 amide bonds. The van der Waals surface area contributed by atoms with Crippen LogP contribution in [0.1, 0.15) is 77.3 Å². The number of piperazine rings is 1. The molecule has 1 aromatic heterocycles. The average molecular weight is 1250 g/mol. The molecule has 0 spiro atoms. The van der Waals surface area contributed by atoms with Gasteiger partial charge in [0.15, 0.2) is 5.71 Å². The van der Waals surface area contributed by atoms with Gasteiger partial charge in [-0.05, 0) is 74.8 Å². The molecule has 5 aromatic rings. The predicted octanol–water partition coefficient (Wildman–Crippen LogP) is 7.72. The van der Waals surface area contributed by atoms with Crippen LogP contribution < -0.4 is 26.2 Å². The molecule has 0 radical (unpaired) electrons. The number of likely N-dealkylation sites (N-methyl/N-ethyl adjacent to an activating group) is 2. The maximum absolute atomic E-state index is 14.5. The van der Waals surface area contributed by atoms with Gasteiger partial charge in [-0.2, -0.15) is 9.56 Å². The average Bonchev–Trinajstić information content (AvgIpc) is 1.70. The van der Waals surface area contributed by atoms with Crippen LogP contribution in [0.3, 0.4) is 0 Å². The van der Waals surface area contributed by atoms with Crippen LogP contribution in [0.2, 0.25) is 0 Å². The normalized spacial score (nSPS) is 15.5. The molecule has 4 heterocycles. The highest BCUT2D eigenvalue weighted by Crippen LogP contribution is 2.48. The van der Waals surface area contributed by atoms with Crippen molar-refractivity contribution < 1.29 is 51.9 Å². The highest BCUT2D eigenvalue weighted by atomic mass is 19.1. The molecule has 3 aliphatic heterocycles. The number of nitrogens with two attached hydrogens (primary N) is 1. The van der Waals surface area contributed by atoms with Crippen molar-refractivity contribution in [2.24, 2.45) is 0 Å². The largest absolute Gasteiger partial charge is 0.379 e. The van der Waals surface area contributed by atoms with Crippen molar-refractivity contribution >= 4 is 69.2 Å². The number of unbranched alkanes of at least 4 members (excludes halogenated alkanes) is 2. The second-order valence-electron chi connectivity index (χ2n) is 24.2. The number of hydrogen-bond donors (Lipinski definition) is 3. The molecule has 1 fully saturated rings. The number of carbonyl (C=O) groups excluding carboxylic acids is 5. The number of ether oxygens (including phenoxy) is 4. The number of aromatic nitrogens is 2. The van der Waals surface area contributed by atoms with E-state index in [9.17, 15) is 28.4 Å². The molecule has 0 saturated carbocycles. The number of nitrogens with one attached hydrogen (secondary N) is 2. The minimum absolute atomic E-state index is 0.00224. The molecule has 0 unspecified atom stereocenters. The molecule has 1 saturated heterocycles. The first-order valence-electron chi connectivity index (χ1n) is 31.7. The van der Waals surface area contributed by atoms with Crippen molar-refractivity contribution in [1.29, 1.82) is 0 Å². The van der Waals surface area contributed by atoms with Crippen LogP contribution in [-0.2, 0) is 53.8 Å². The zero-order valence-electron chi connectivity index (χ0n) is 54.0. The van der Waals surface area contributed by atoms with Gasteiger partial charge in [0, 0.05) is 131 Å². The van der Waals surface area contributed by atoms with Gasteiger partial charge in [-0.15, -0.1) is 0 Å². The van der Waals surface area contributed by atoms with Gasteiger partial charge in [0.05, 0.1) is 50.6 Å². The van der Waals surface area contributed by atoms with Crippen molar-refractivity contribution in [1.82, 2.24) is 35.3 Å². The summed E-state index contributed by atoms with van der Waals surface area (Å²) in [4.78, 5) is 81.5. The Balaban J connectivity index is 0.591. The molecule has 486 valence electrons. The van der Waals surface area contributed by atoms with E-state index in [1.54, 1.807) is 30.1 Å². The first-order chi connectivity index (χ1) is 43.8. The van der Waals surface area contributed by atoms with Crippen molar-refractivity contribution in [2.75, 3.05) is 148 Å². The molecule has 91 heavy (non-hydrogen) atoms. The van der Waals surface area contributed by atoms with Crippen LogP contribution >= 0.6 is 0 Å². The van der Waals surface area contributed by atoms with Crippen LogP contribution in [0.4, 0.5) is 27.5 Å². The third-order valence-electron chi connectivity index (χ3n) is 17.0. The third kappa shape index (κ3) is 18.4. The number of nitrogen functional groups attached to an aromatic ring is 1. The minimum atomic E-state index is -0.437. The predicted molar refractivity (Wildman–Crippen MR) is 354 cm³/mol. The van der Waals surface area contributed by atoms with Crippen molar-refractivity contribution in [3.05, 3.63) is 144 Å². The van der Waals surface area contributed by atoms with E-state index in [2.05, 4.69) is 144 Å². The number of fused-ring (bicyclic) bond motifs is 3. The van der Waals surface area contributed by atoms with E-state index < -0.39 is 5.91 Å². The fraction of sp³-hybridized carbons (Fsp3) is 0.457. The number of anilines is 3. The molecule has 0 atom stereocenters. The molecule has 8 rings (SSSR count). The summed E-state index contributed by atoms with van der Waals surface area (Å²) in [7, 11) is 5.31. The maximum atomic E-state index is 14.5. The lowest BCUT2D eigenvalue weighted by Crippen LogP contribution is -2.50. The lowest BCUT2D eigenvalue weighted by Gasteiger charge is -2.35. The summed E-state index contributed by atoms with van der Waals surface area (Å²) in [5.74, 6) is -0.931. The second kappa shape index (κ2) is 33.1. The summed E-state index contributed by atoms with van der Waals surface area (Å²) >= 11 is 0. The van der Waals surface area contributed by atoms with Gasteiger partial charge in [-0.3, -0.25) is 24.0 Å². The number of benzene rings is 4. The van der Waals surface area contributed by atoms with Crippen LogP contribution in [0.15, 0.2) is 127 Å². The summed E-state index contributed by atoms with van der Waals surface area (Å²) in [5, 5.41) is 6.85. The molecule has 0 bridgehead atoms. The van der Waals surface area contributed by atoms with Crippen LogP contribution in [-0.4, -0.2) is 197 Å². The third-order valence-corrected chi connectivity index (χ3v) is 17.0. The Morgan fingerprint density at radius 3 is 1.96 bits per heavy atom. The number of para-hydroxylation sites is 2. The summed E-state index contributed by atoms with van der Waals surface area (Å²) in [5.41, 5.74) is 14.8. The Morgan fingerprint density at radius 2 is 1.27 bits per heavy atom. The Bertz CT molecular complexity index is 3470. The zero-order chi connectivity index (χ0) is 64.9. The Hall–Kier alpha value is -8.37. The molecule has 3 aliphatic rings. The highest BCUT2D eigenvalue weighted by molar-refractivity contribution is 6.03. The zero-order valence-corrected chi connectivity index (χ0v) is 54.0. The minimum Gasteiger partial charge on any atom is -0.379 e. The number of halogens is 1. The van der Waals surface area contributed by atoms with Crippen LogP contribution in [0, 0.1) is 5.82 Å². The van der Waals surface area contributed by atoms with Crippen LogP contribution in [0.25, 0.3) is 22.0 Å². The van der Waals surface area contributed by atoms with Gasteiger partial charge >= 0.3 is 0 Å². The fourth-order valence-corrected chi connectivity index (χ4v) is 11.9. The van der Waals surface area contributed by atoms with E-state index in [-0.39, 0.29) is 72.5 Å². The topological polar surface area (TPSA) is 217 Å². The Kier molecular flexibility index (Phi) is 24.9. The van der Waals surface area contributed by atoms with Gasteiger partial charge in [0.25, 0.3) is 0 Å². The van der Waals surface area contributed by atoms with E-state index in [0.717, 1.165) is 31.4 Å². The van der Waals surface area contributed by atoms with Gasteiger partial charge in [-0.1, -0.05) is 99.2 Å². The quantitative estimate of drug-likeness (QED) is 0.0208. The lowest BCUT2D eigenvalue weighted by atomic mass is 9.81.